The van der Waals surface area contributed by atoms with Crippen LogP contribution in [0.5, 0.6) is 5.75 Å². The van der Waals surface area contributed by atoms with E-state index in [1.54, 1.807) is 39.1 Å². The molecule has 0 spiro atoms. The fourth-order valence-electron chi connectivity index (χ4n) is 2.78. The Bertz CT molecular complexity index is 973. The predicted octanol–water partition coefficient (Wildman–Crippen LogP) is 4.07. The molecule has 0 aliphatic heterocycles. The molecule has 2 aromatic carbocycles. The number of nitrogens with one attached hydrogen (secondary N) is 2. The molecule has 1 amide bonds. The molecule has 4 N–H and O–H groups in total. The third-order valence-corrected chi connectivity index (χ3v) is 4.60. The smallest absolute Gasteiger partial charge is 0.244 e. The van der Waals surface area contributed by atoms with Gasteiger partial charge in [0.1, 0.15) is 11.8 Å². The molecule has 2 rings (SSSR count). The number of nitrogen functional groups attached to an aromatic ring is 1. The zero-order valence-corrected chi connectivity index (χ0v) is 17.0. The van der Waals surface area contributed by atoms with Gasteiger partial charge < -0.3 is 21.1 Å². The molecular weight excluding hydrogens is 364 g/mol. The first kappa shape index (κ1) is 21.7. The Hall–Kier alpha value is -3.56. The van der Waals surface area contributed by atoms with Crippen LogP contribution in [-0.2, 0) is 4.79 Å². The van der Waals surface area contributed by atoms with Crippen molar-refractivity contribution in [2.24, 2.45) is 0 Å². The monoisotopic (exact) mass is 390 g/mol. The van der Waals surface area contributed by atoms with E-state index >= 15 is 0 Å². The molecule has 6 heteroatoms. The van der Waals surface area contributed by atoms with Crippen LogP contribution in [0.1, 0.15) is 31.4 Å². The highest BCUT2D eigenvalue weighted by Gasteiger charge is 2.32. The molecular formula is C23H26N4O2. The average Bonchev–Trinajstić information content (AvgIpc) is 2.68. The zero-order chi connectivity index (χ0) is 21.6. The summed E-state index contributed by atoms with van der Waals surface area (Å²) < 4.78 is 5.47. The number of anilines is 2. The van der Waals surface area contributed by atoms with Crippen LogP contribution in [0.2, 0.25) is 0 Å². The summed E-state index contributed by atoms with van der Waals surface area (Å²) in [6.45, 7) is 11.4. The molecule has 1 unspecified atom stereocenters. The van der Waals surface area contributed by atoms with Crippen molar-refractivity contribution in [1.82, 2.24) is 5.32 Å². The van der Waals surface area contributed by atoms with E-state index in [1.807, 2.05) is 30.3 Å². The zero-order valence-electron chi connectivity index (χ0n) is 17.0. The Balaban J connectivity index is 2.12. The lowest BCUT2D eigenvalue weighted by Crippen LogP contribution is -2.50. The lowest BCUT2D eigenvalue weighted by molar-refractivity contribution is -0.121. The SMILES string of the molecule is C=C(C)Oc1ccc(C(=C)CC(C)(NC)C(=O)Nc2ccc(C#N)c(N)c2)cc1. The van der Waals surface area contributed by atoms with E-state index in [2.05, 4.69) is 23.8 Å². The minimum Gasteiger partial charge on any atom is -0.463 e. The van der Waals surface area contributed by atoms with Crippen molar-refractivity contribution < 1.29 is 9.53 Å². The number of benzene rings is 2. The summed E-state index contributed by atoms with van der Waals surface area (Å²) in [4.78, 5) is 12.9. The number of hydrogen-bond donors (Lipinski definition) is 3. The molecule has 150 valence electrons. The van der Waals surface area contributed by atoms with Gasteiger partial charge in [0.25, 0.3) is 0 Å². The van der Waals surface area contributed by atoms with Gasteiger partial charge in [0.05, 0.1) is 22.5 Å². The van der Waals surface area contributed by atoms with Crippen molar-refractivity contribution in [2.45, 2.75) is 25.8 Å². The summed E-state index contributed by atoms with van der Waals surface area (Å²) in [6.07, 6.45) is 0.391. The van der Waals surface area contributed by atoms with Crippen LogP contribution >= 0.6 is 0 Å². The maximum absolute atomic E-state index is 12.9. The first-order chi connectivity index (χ1) is 13.7. The van der Waals surface area contributed by atoms with E-state index in [9.17, 15) is 4.79 Å². The summed E-state index contributed by atoms with van der Waals surface area (Å²) in [5.41, 5.74) is 7.86. The van der Waals surface area contributed by atoms with Gasteiger partial charge in [-0.2, -0.15) is 5.26 Å². The number of rotatable bonds is 8. The predicted molar refractivity (Wildman–Crippen MR) is 117 cm³/mol. The van der Waals surface area contributed by atoms with E-state index in [0.29, 0.717) is 34.9 Å². The van der Waals surface area contributed by atoms with Crippen LogP contribution < -0.4 is 21.1 Å². The summed E-state index contributed by atoms with van der Waals surface area (Å²) in [6, 6.07) is 14.3. The number of likely N-dealkylation sites (N-methyl/N-ethyl adjacent to an activating group) is 1. The van der Waals surface area contributed by atoms with Gasteiger partial charge in [-0.25, -0.2) is 0 Å². The molecule has 2 aromatic rings. The van der Waals surface area contributed by atoms with Crippen molar-refractivity contribution in [3.63, 3.8) is 0 Å². The number of nitrogens with zero attached hydrogens (tertiary/aromatic N) is 1. The molecule has 0 aromatic heterocycles. The second-order valence-corrected chi connectivity index (χ2v) is 7.06. The molecule has 0 heterocycles. The van der Waals surface area contributed by atoms with Crippen LogP contribution in [0, 0.1) is 11.3 Å². The van der Waals surface area contributed by atoms with Crippen LogP contribution in [0.25, 0.3) is 5.57 Å². The molecule has 29 heavy (non-hydrogen) atoms. The third-order valence-electron chi connectivity index (χ3n) is 4.60. The van der Waals surface area contributed by atoms with Gasteiger partial charge in [0.15, 0.2) is 0 Å². The highest BCUT2D eigenvalue weighted by atomic mass is 16.5. The fourth-order valence-corrected chi connectivity index (χ4v) is 2.78. The standard InChI is InChI=1S/C23H26N4O2/c1-15(2)29-20-10-7-17(8-11-20)16(3)13-23(4,26-5)22(28)27-19-9-6-18(14-24)21(25)12-19/h6-12,26H,1,3,13,25H2,2,4-5H3,(H,27,28). The van der Waals surface area contributed by atoms with Gasteiger partial charge in [0, 0.05) is 5.69 Å². The van der Waals surface area contributed by atoms with Crippen LogP contribution in [-0.4, -0.2) is 18.5 Å². The van der Waals surface area contributed by atoms with Crippen LogP contribution in [0.4, 0.5) is 11.4 Å². The molecule has 6 nitrogen and oxygen atoms in total. The van der Waals surface area contributed by atoms with Crippen molar-refractivity contribution in [3.05, 3.63) is 72.5 Å². The van der Waals surface area contributed by atoms with Gasteiger partial charge in [-0.3, -0.25) is 4.79 Å². The second-order valence-electron chi connectivity index (χ2n) is 7.06. The Morgan fingerprint density at radius 3 is 2.41 bits per heavy atom. The highest BCUT2D eigenvalue weighted by Crippen LogP contribution is 2.27. The molecule has 0 fully saturated rings. The fraction of sp³-hybridized carbons (Fsp3) is 0.217. The second kappa shape index (κ2) is 9.09. The van der Waals surface area contributed by atoms with Crippen molar-refractivity contribution in [3.8, 4) is 11.8 Å². The van der Waals surface area contributed by atoms with E-state index in [0.717, 1.165) is 11.1 Å². The van der Waals surface area contributed by atoms with E-state index in [4.69, 9.17) is 15.7 Å². The summed E-state index contributed by atoms with van der Waals surface area (Å²) in [5, 5.41) is 14.9. The molecule has 0 radical (unpaired) electrons. The number of ether oxygens (including phenoxy) is 1. The quantitative estimate of drug-likeness (QED) is 0.466. The Labute approximate surface area is 171 Å². The Morgan fingerprint density at radius 2 is 1.90 bits per heavy atom. The topological polar surface area (TPSA) is 100 Å². The minimum atomic E-state index is -0.896. The average molecular weight is 390 g/mol. The van der Waals surface area contributed by atoms with Gasteiger partial charge >= 0.3 is 0 Å². The number of carbonyl (C=O) groups is 1. The number of nitriles is 1. The van der Waals surface area contributed by atoms with E-state index in [-0.39, 0.29) is 5.91 Å². The summed E-state index contributed by atoms with van der Waals surface area (Å²) in [5.74, 6) is 1.08. The lowest BCUT2D eigenvalue weighted by Gasteiger charge is -2.29. The van der Waals surface area contributed by atoms with Gasteiger partial charge in [0.2, 0.25) is 5.91 Å². The summed E-state index contributed by atoms with van der Waals surface area (Å²) in [7, 11) is 1.73. The van der Waals surface area contributed by atoms with Gasteiger partial charge in [-0.1, -0.05) is 25.3 Å². The maximum Gasteiger partial charge on any atom is 0.244 e. The molecule has 0 saturated carbocycles. The lowest BCUT2D eigenvalue weighted by atomic mass is 9.89. The van der Waals surface area contributed by atoms with Crippen LogP contribution in [0.15, 0.2) is 61.4 Å². The van der Waals surface area contributed by atoms with E-state index in [1.165, 1.54) is 0 Å². The van der Waals surface area contributed by atoms with Gasteiger partial charge in [-0.05, 0) is 68.8 Å². The van der Waals surface area contributed by atoms with Gasteiger partial charge in [-0.15, -0.1) is 0 Å². The summed E-state index contributed by atoms with van der Waals surface area (Å²) >= 11 is 0. The van der Waals surface area contributed by atoms with Crippen molar-refractivity contribution in [2.75, 3.05) is 18.1 Å². The molecule has 0 saturated heterocycles. The Kier molecular flexibility index (Phi) is 6.81. The molecule has 1 atom stereocenters. The first-order valence-corrected chi connectivity index (χ1v) is 9.10. The Morgan fingerprint density at radius 1 is 1.24 bits per heavy atom. The number of carbonyl (C=O) groups excluding carboxylic acids is 1. The number of hydrogen-bond acceptors (Lipinski definition) is 5. The normalized spacial score (nSPS) is 12.3. The number of allylic oxidation sites excluding steroid dienone is 1. The number of nitrogens with two attached hydrogens (primary N) is 1. The van der Waals surface area contributed by atoms with Crippen LogP contribution in [0.3, 0.4) is 0 Å². The van der Waals surface area contributed by atoms with Crippen molar-refractivity contribution in [1.29, 1.82) is 5.26 Å². The molecule has 0 bridgehead atoms. The highest BCUT2D eigenvalue weighted by molar-refractivity contribution is 5.99. The third kappa shape index (κ3) is 5.47. The van der Waals surface area contributed by atoms with E-state index < -0.39 is 5.54 Å². The molecule has 0 aliphatic rings. The minimum absolute atomic E-state index is 0.229. The number of amides is 1. The first-order valence-electron chi connectivity index (χ1n) is 9.10. The largest absolute Gasteiger partial charge is 0.463 e. The van der Waals surface area contributed by atoms with Crippen molar-refractivity contribution >= 4 is 22.9 Å². The molecule has 0 aliphatic carbocycles. The maximum atomic E-state index is 12.9.